The number of nitrogens with one attached hydrogen (secondary N) is 1. The fourth-order valence-electron chi connectivity index (χ4n) is 11.2. The van der Waals surface area contributed by atoms with Crippen LogP contribution in [-0.2, 0) is 14.3 Å². The fraction of sp³-hybridized carbons (Fsp3) is 0.971. The first-order chi connectivity index (χ1) is 36.5. The van der Waals surface area contributed by atoms with E-state index in [9.17, 15) is 19.8 Å². The van der Waals surface area contributed by atoms with Crippen molar-refractivity contribution in [2.24, 2.45) is 0 Å². The Hall–Kier alpha value is -1.14. The third kappa shape index (κ3) is 60.1. The van der Waals surface area contributed by atoms with Gasteiger partial charge in [-0.1, -0.05) is 361 Å². The number of carbonyl (C=O) groups excluding carboxylic acids is 2. The zero-order valence-electron chi connectivity index (χ0n) is 50.6. The molecule has 0 aromatic carbocycles. The predicted octanol–water partition coefficient (Wildman–Crippen LogP) is 21.8. The molecule has 0 aliphatic rings. The Kier molecular flexibility index (Phi) is 63.4. The Labute approximate surface area is 464 Å². The molecule has 6 nitrogen and oxygen atoms in total. The smallest absolute Gasteiger partial charge is 0.305 e. The lowest BCUT2D eigenvalue weighted by molar-refractivity contribution is -0.143. The van der Waals surface area contributed by atoms with Gasteiger partial charge in [0.2, 0.25) is 5.91 Å². The average Bonchev–Trinajstić information content (AvgIpc) is 3.40. The normalized spacial score (nSPS) is 12.4. The first-order valence-electron chi connectivity index (χ1n) is 34.3. The van der Waals surface area contributed by atoms with E-state index in [1.165, 1.54) is 327 Å². The summed E-state index contributed by atoms with van der Waals surface area (Å²) in [6.07, 6.45) is 77.1. The first kappa shape index (κ1) is 72.9. The number of aliphatic hydroxyl groups excluding tert-OH is 2. The molecular weight excluding hydrogens is 911 g/mol. The third-order valence-electron chi connectivity index (χ3n) is 16.4. The van der Waals surface area contributed by atoms with Crippen LogP contribution in [-0.4, -0.2) is 47.4 Å². The van der Waals surface area contributed by atoms with E-state index in [4.69, 9.17) is 4.74 Å². The van der Waals surface area contributed by atoms with Gasteiger partial charge in [-0.05, 0) is 25.7 Å². The molecule has 1 amide bonds. The van der Waals surface area contributed by atoms with Crippen molar-refractivity contribution in [1.82, 2.24) is 5.32 Å². The maximum atomic E-state index is 12.5. The highest BCUT2D eigenvalue weighted by Crippen LogP contribution is 2.19. The molecule has 0 fully saturated rings. The number of carbonyl (C=O) groups is 2. The second-order valence-electron chi connectivity index (χ2n) is 23.9. The van der Waals surface area contributed by atoms with Gasteiger partial charge in [-0.25, -0.2) is 0 Å². The molecule has 0 radical (unpaired) electrons. The van der Waals surface area contributed by atoms with Gasteiger partial charge in [0, 0.05) is 12.8 Å². The van der Waals surface area contributed by atoms with Crippen molar-refractivity contribution in [2.75, 3.05) is 13.2 Å². The summed E-state index contributed by atoms with van der Waals surface area (Å²) in [6.45, 7) is 5.00. The van der Waals surface area contributed by atoms with Gasteiger partial charge in [0.15, 0.2) is 0 Å². The lowest BCUT2D eigenvalue weighted by Gasteiger charge is -2.22. The Morgan fingerprint density at radius 2 is 0.554 bits per heavy atom. The van der Waals surface area contributed by atoms with Crippen molar-refractivity contribution >= 4 is 11.9 Å². The third-order valence-corrected chi connectivity index (χ3v) is 16.4. The summed E-state index contributed by atoms with van der Waals surface area (Å²) in [6, 6.07) is -0.538. The Morgan fingerprint density at radius 3 is 0.824 bits per heavy atom. The van der Waals surface area contributed by atoms with E-state index in [1.54, 1.807) is 0 Å². The lowest BCUT2D eigenvalue weighted by Crippen LogP contribution is -2.45. The molecule has 6 heteroatoms. The zero-order chi connectivity index (χ0) is 53.6. The highest BCUT2D eigenvalue weighted by Gasteiger charge is 2.20. The molecule has 0 aliphatic heterocycles. The van der Waals surface area contributed by atoms with Crippen LogP contribution >= 0.6 is 0 Å². The number of ether oxygens (including phenoxy) is 1. The summed E-state index contributed by atoms with van der Waals surface area (Å²) in [7, 11) is 0. The van der Waals surface area contributed by atoms with E-state index in [1.807, 2.05) is 0 Å². The molecule has 0 bridgehead atoms. The van der Waals surface area contributed by atoms with Crippen molar-refractivity contribution in [3.8, 4) is 0 Å². The van der Waals surface area contributed by atoms with Crippen LogP contribution in [0.2, 0.25) is 0 Å². The number of unbranched alkanes of at least 4 members (excludes halogenated alkanes) is 54. The summed E-state index contributed by atoms with van der Waals surface area (Å²) in [4.78, 5) is 24.6. The Balaban J connectivity index is 3.32. The van der Waals surface area contributed by atoms with Gasteiger partial charge < -0.3 is 20.3 Å². The number of aliphatic hydroxyl groups is 2. The van der Waals surface area contributed by atoms with E-state index in [2.05, 4.69) is 19.2 Å². The molecule has 442 valence electrons. The van der Waals surface area contributed by atoms with Crippen LogP contribution in [0.15, 0.2) is 0 Å². The van der Waals surface area contributed by atoms with Crippen LogP contribution < -0.4 is 5.32 Å². The van der Waals surface area contributed by atoms with Crippen molar-refractivity contribution in [3.63, 3.8) is 0 Å². The first-order valence-corrected chi connectivity index (χ1v) is 34.3. The molecular formula is C68H135NO5. The van der Waals surface area contributed by atoms with Gasteiger partial charge >= 0.3 is 5.97 Å². The monoisotopic (exact) mass is 1050 g/mol. The molecule has 0 aliphatic carbocycles. The minimum absolute atomic E-state index is 0.0220. The van der Waals surface area contributed by atoms with Crippen LogP contribution in [0, 0.1) is 0 Å². The summed E-state index contributed by atoms with van der Waals surface area (Å²) in [5, 5.41) is 23.3. The van der Waals surface area contributed by atoms with E-state index in [0.29, 0.717) is 25.9 Å². The molecule has 0 aromatic rings. The minimum atomic E-state index is -0.661. The lowest BCUT2D eigenvalue weighted by atomic mass is 10.0. The van der Waals surface area contributed by atoms with Crippen LogP contribution in [0.4, 0.5) is 0 Å². The molecule has 74 heavy (non-hydrogen) atoms. The van der Waals surface area contributed by atoms with Crippen molar-refractivity contribution < 1.29 is 24.5 Å². The molecule has 2 unspecified atom stereocenters. The number of amides is 1. The van der Waals surface area contributed by atoms with Gasteiger partial charge in [0.25, 0.3) is 0 Å². The quantitative estimate of drug-likeness (QED) is 0.0417. The zero-order valence-corrected chi connectivity index (χ0v) is 50.6. The topological polar surface area (TPSA) is 95.9 Å². The van der Waals surface area contributed by atoms with Gasteiger partial charge in [0.1, 0.15) is 0 Å². The second-order valence-corrected chi connectivity index (χ2v) is 23.9. The molecule has 0 saturated carbocycles. The van der Waals surface area contributed by atoms with Crippen LogP contribution in [0.3, 0.4) is 0 Å². The second kappa shape index (κ2) is 64.4. The number of hydrogen-bond donors (Lipinski definition) is 3. The van der Waals surface area contributed by atoms with Gasteiger partial charge in [0.05, 0.1) is 25.4 Å². The van der Waals surface area contributed by atoms with E-state index >= 15 is 0 Å². The molecule has 0 saturated heterocycles. The van der Waals surface area contributed by atoms with Crippen LogP contribution in [0.1, 0.15) is 399 Å². The summed E-state index contributed by atoms with van der Waals surface area (Å²) < 4.78 is 5.51. The Bertz CT molecular complexity index is 1070. The summed E-state index contributed by atoms with van der Waals surface area (Å²) in [5.41, 5.74) is 0. The fourth-order valence-corrected chi connectivity index (χ4v) is 11.2. The van der Waals surface area contributed by atoms with Crippen LogP contribution in [0.5, 0.6) is 0 Å². The maximum Gasteiger partial charge on any atom is 0.305 e. The SMILES string of the molecule is CCCCCCCCCCCCCCCCCCCCC(=O)OCCCCCCCCCCCCCCCCCCCCCCCCCCCC(=O)NC(CO)C(O)CCCCCCCCCCCCCCCC. The van der Waals surface area contributed by atoms with Crippen molar-refractivity contribution in [1.29, 1.82) is 0 Å². The highest BCUT2D eigenvalue weighted by molar-refractivity contribution is 5.76. The molecule has 0 rings (SSSR count). The average molecular weight is 1050 g/mol. The Morgan fingerprint density at radius 1 is 0.324 bits per heavy atom. The van der Waals surface area contributed by atoms with Gasteiger partial charge in [-0.15, -0.1) is 0 Å². The predicted molar refractivity (Wildman–Crippen MR) is 324 cm³/mol. The molecule has 0 heterocycles. The van der Waals surface area contributed by atoms with E-state index in [-0.39, 0.29) is 18.5 Å². The van der Waals surface area contributed by atoms with Gasteiger partial charge in [-0.2, -0.15) is 0 Å². The molecule has 2 atom stereocenters. The van der Waals surface area contributed by atoms with Gasteiger partial charge in [-0.3, -0.25) is 9.59 Å². The molecule has 3 N–H and O–H groups in total. The summed E-state index contributed by atoms with van der Waals surface area (Å²) in [5.74, 6) is -0.00795. The maximum absolute atomic E-state index is 12.5. The van der Waals surface area contributed by atoms with E-state index < -0.39 is 12.1 Å². The van der Waals surface area contributed by atoms with Crippen molar-refractivity contribution in [3.05, 3.63) is 0 Å². The van der Waals surface area contributed by atoms with Crippen LogP contribution in [0.25, 0.3) is 0 Å². The number of hydrogen-bond acceptors (Lipinski definition) is 5. The highest BCUT2D eigenvalue weighted by atomic mass is 16.5. The van der Waals surface area contributed by atoms with E-state index in [0.717, 1.165) is 38.5 Å². The summed E-state index contributed by atoms with van der Waals surface area (Å²) >= 11 is 0. The number of rotatable bonds is 65. The molecule has 0 spiro atoms. The number of esters is 1. The van der Waals surface area contributed by atoms with Crippen molar-refractivity contribution in [2.45, 2.75) is 411 Å². The molecule has 0 aromatic heterocycles. The minimum Gasteiger partial charge on any atom is -0.466 e. The largest absolute Gasteiger partial charge is 0.466 e. The standard InChI is InChI=1S/C68H135NO5/c1-3-5-7-9-11-13-15-17-19-20-31-34-38-42-46-50-54-58-62-68(73)74-63-59-55-51-47-43-39-35-32-29-27-25-23-21-22-24-26-28-30-33-37-41-45-49-53-57-61-67(72)69-65(64-70)66(71)60-56-52-48-44-40-36-18-16-14-12-10-8-6-4-2/h65-66,70-71H,3-64H2,1-2H3,(H,69,72).